The summed E-state index contributed by atoms with van der Waals surface area (Å²) in [4.78, 5) is 12.6. The van der Waals surface area contributed by atoms with Gasteiger partial charge in [-0.2, -0.15) is 0 Å². The Hall–Kier alpha value is -0.570. The lowest BCUT2D eigenvalue weighted by atomic mass is 9.49. The third kappa shape index (κ3) is 2.15. The molecule has 6 rings (SSSR count). The monoisotopic (exact) mass is 302 g/mol. The molecule has 0 aromatic heterocycles. The fraction of sp³-hybridized carbons (Fsp3) is 0.947. The van der Waals surface area contributed by atoms with Gasteiger partial charge >= 0.3 is 0 Å². The highest BCUT2D eigenvalue weighted by atomic mass is 16.2. The second kappa shape index (κ2) is 4.72. The van der Waals surface area contributed by atoms with Crippen LogP contribution in [0.5, 0.6) is 0 Å². The van der Waals surface area contributed by atoms with Crippen LogP contribution in [0, 0.1) is 34.5 Å². The van der Waals surface area contributed by atoms with Crippen molar-refractivity contribution in [3.8, 4) is 0 Å². The van der Waals surface area contributed by atoms with E-state index in [0.29, 0.717) is 22.7 Å². The van der Waals surface area contributed by atoms with Crippen LogP contribution in [-0.2, 0) is 4.79 Å². The van der Waals surface area contributed by atoms with Crippen LogP contribution in [0.4, 0.5) is 0 Å². The van der Waals surface area contributed by atoms with Crippen molar-refractivity contribution in [3.63, 3.8) is 0 Å². The molecule has 5 aliphatic carbocycles. The highest BCUT2D eigenvalue weighted by Crippen LogP contribution is 2.61. The molecule has 122 valence electrons. The van der Waals surface area contributed by atoms with Crippen LogP contribution in [0.2, 0.25) is 0 Å². The van der Waals surface area contributed by atoms with E-state index in [2.05, 4.69) is 10.6 Å². The van der Waals surface area contributed by atoms with Crippen LogP contribution in [0.25, 0.3) is 0 Å². The van der Waals surface area contributed by atoms with Crippen molar-refractivity contribution in [1.29, 1.82) is 0 Å². The molecule has 0 aromatic rings. The zero-order chi connectivity index (χ0) is 14.8. The molecule has 1 aliphatic heterocycles. The summed E-state index contributed by atoms with van der Waals surface area (Å²) in [6, 6.07) is 0. The van der Waals surface area contributed by atoms with Gasteiger partial charge in [-0.1, -0.05) is 0 Å². The highest BCUT2D eigenvalue weighted by Gasteiger charge is 2.58. The van der Waals surface area contributed by atoms with Crippen molar-refractivity contribution in [1.82, 2.24) is 10.6 Å². The van der Waals surface area contributed by atoms with Crippen LogP contribution in [0.15, 0.2) is 0 Å². The number of amides is 1. The zero-order valence-electron chi connectivity index (χ0n) is 13.7. The van der Waals surface area contributed by atoms with Crippen molar-refractivity contribution < 1.29 is 4.79 Å². The number of carbonyl (C=O) groups excluding carboxylic acids is 1. The summed E-state index contributed by atoms with van der Waals surface area (Å²) >= 11 is 0. The second-order valence-electron chi connectivity index (χ2n) is 9.50. The van der Waals surface area contributed by atoms with Crippen molar-refractivity contribution in [2.45, 2.75) is 57.8 Å². The van der Waals surface area contributed by atoms with Crippen molar-refractivity contribution in [2.75, 3.05) is 19.6 Å². The van der Waals surface area contributed by atoms with E-state index in [9.17, 15) is 4.79 Å². The summed E-state index contributed by atoms with van der Waals surface area (Å²) in [7, 11) is 0. The van der Waals surface area contributed by atoms with Crippen LogP contribution in [-0.4, -0.2) is 25.5 Å². The molecule has 6 fully saturated rings. The van der Waals surface area contributed by atoms with Gasteiger partial charge in [0.2, 0.25) is 5.91 Å². The molecule has 3 nitrogen and oxygen atoms in total. The Morgan fingerprint density at radius 3 is 2.14 bits per heavy atom. The van der Waals surface area contributed by atoms with Crippen LogP contribution < -0.4 is 10.6 Å². The zero-order valence-corrected chi connectivity index (χ0v) is 13.7. The van der Waals surface area contributed by atoms with Gasteiger partial charge in [-0.15, -0.1) is 0 Å². The van der Waals surface area contributed by atoms with E-state index >= 15 is 0 Å². The fourth-order valence-electron chi connectivity index (χ4n) is 7.10. The molecule has 2 N–H and O–H groups in total. The molecule has 0 radical (unpaired) electrons. The molecule has 1 saturated heterocycles. The maximum atomic E-state index is 12.6. The lowest BCUT2D eigenvalue weighted by Gasteiger charge is -2.57. The minimum absolute atomic E-state index is 0.337. The molecule has 1 atom stereocenters. The summed E-state index contributed by atoms with van der Waals surface area (Å²) < 4.78 is 0. The van der Waals surface area contributed by atoms with Crippen LogP contribution in [0.3, 0.4) is 0 Å². The van der Waals surface area contributed by atoms with E-state index in [1.54, 1.807) is 0 Å². The Kier molecular flexibility index (Phi) is 2.97. The van der Waals surface area contributed by atoms with Gasteiger partial charge in [-0.3, -0.25) is 4.79 Å². The Bertz CT molecular complexity index is 445. The van der Waals surface area contributed by atoms with Crippen molar-refractivity contribution in [3.05, 3.63) is 0 Å². The van der Waals surface area contributed by atoms with Gasteiger partial charge in [0.05, 0.1) is 0 Å². The Balaban J connectivity index is 1.20. The summed E-state index contributed by atoms with van der Waals surface area (Å²) in [5.41, 5.74) is 0.872. The van der Waals surface area contributed by atoms with Crippen molar-refractivity contribution in [2.24, 2.45) is 34.5 Å². The van der Waals surface area contributed by atoms with Gasteiger partial charge in [-0.25, -0.2) is 0 Å². The maximum Gasteiger partial charge on any atom is 0.223 e. The number of piperidine rings is 1. The molecule has 6 aliphatic rings. The molecule has 22 heavy (non-hydrogen) atoms. The van der Waals surface area contributed by atoms with Gasteiger partial charge < -0.3 is 10.6 Å². The lowest BCUT2D eigenvalue weighted by Crippen LogP contribution is -2.51. The summed E-state index contributed by atoms with van der Waals surface area (Å²) in [5.74, 6) is 3.68. The molecule has 1 spiro atoms. The number of hydrogen-bond acceptors (Lipinski definition) is 2. The summed E-state index contributed by atoms with van der Waals surface area (Å²) in [5, 5.41) is 6.84. The Morgan fingerprint density at radius 1 is 0.955 bits per heavy atom. The topological polar surface area (TPSA) is 41.1 Å². The number of carbonyl (C=O) groups is 1. The largest absolute Gasteiger partial charge is 0.355 e. The molecule has 3 heteroatoms. The molecule has 1 heterocycles. The molecule has 1 amide bonds. The van der Waals surface area contributed by atoms with E-state index in [1.165, 1.54) is 51.4 Å². The van der Waals surface area contributed by atoms with Gasteiger partial charge in [0.1, 0.15) is 0 Å². The molecule has 5 saturated carbocycles. The minimum atomic E-state index is 0.337. The number of nitrogens with one attached hydrogen (secondary N) is 2. The molecule has 1 unspecified atom stereocenters. The molecular formula is C19H30N2O. The maximum absolute atomic E-state index is 12.6. The van der Waals surface area contributed by atoms with E-state index in [4.69, 9.17) is 0 Å². The normalized spacial score (nSPS) is 47.6. The quantitative estimate of drug-likeness (QED) is 0.841. The predicted molar refractivity (Wildman–Crippen MR) is 86.3 cm³/mol. The Morgan fingerprint density at radius 2 is 1.55 bits per heavy atom. The van der Waals surface area contributed by atoms with Crippen molar-refractivity contribution >= 4 is 5.91 Å². The highest BCUT2D eigenvalue weighted by molar-refractivity contribution is 5.82. The SMILES string of the molecule is O=C(NCC12CC3CC(CC(C3)C1)C2)C1CC12CCNCC2. The second-order valence-corrected chi connectivity index (χ2v) is 9.50. The van der Waals surface area contributed by atoms with Crippen LogP contribution in [0.1, 0.15) is 57.8 Å². The first-order valence-corrected chi connectivity index (χ1v) is 9.65. The molecule has 4 bridgehead atoms. The van der Waals surface area contributed by atoms with Gasteiger partial charge in [0.15, 0.2) is 0 Å². The first-order chi connectivity index (χ1) is 10.7. The first-order valence-electron chi connectivity index (χ1n) is 9.65. The standard InChI is InChI=1S/C19H30N2O/c22-17(16-11-19(16)1-3-20-4-2-19)21-12-18-8-13-5-14(9-18)7-15(6-13)10-18/h13-16,20H,1-12H2,(H,21,22). The van der Waals surface area contributed by atoms with Crippen LogP contribution >= 0.6 is 0 Å². The van der Waals surface area contributed by atoms with Gasteiger partial charge in [-0.05, 0) is 99.5 Å². The third-order valence-electron chi connectivity index (χ3n) is 7.91. The van der Waals surface area contributed by atoms with Gasteiger partial charge in [0, 0.05) is 12.5 Å². The van der Waals surface area contributed by atoms with E-state index in [-0.39, 0.29) is 0 Å². The van der Waals surface area contributed by atoms with E-state index in [0.717, 1.165) is 43.8 Å². The van der Waals surface area contributed by atoms with Gasteiger partial charge in [0.25, 0.3) is 0 Å². The predicted octanol–water partition coefficient (Wildman–Crippen LogP) is 2.71. The first kappa shape index (κ1) is 13.8. The molecular weight excluding hydrogens is 272 g/mol. The fourth-order valence-corrected chi connectivity index (χ4v) is 7.10. The Labute approximate surface area is 134 Å². The van der Waals surface area contributed by atoms with E-state index < -0.39 is 0 Å². The molecule has 0 aromatic carbocycles. The minimum Gasteiger partial charge on any atom is -0.355 e. The average Bonchev–Trinajstić information content (AvgIpc) is 3.18. The third-order valence-corrected chi connectivity index (χ3v) is 7.91. The average molecular weight is 302 g/mol. The van der Waals surface area contributed by atoms with E-state index in [1.807, 2.05) is 0 Å². The summed E-state index contributed by atoms with van der Waals surface area (Å²) in [6.45, 7) is 3.21. The summed E-state index contributed by atoms with van der Waals surface area (Å²) in [6.07, 6.45) is 12.3. The number of rotatable bonds is 3. The lowest BCUT2D eigenvalue weighted by molar-refractivity contribution is -0.125. The number of hydrogen-bond donors (Lipinski definition) is 2. The smallest absolute Gasteiger partial charge is 0.223 e.